The van der Waals surface area contributed by atoms with Crippen molar-refractivity contribution in [3.63, 3.8) is 0 Å². The summed E-state index contributed by atoms with van der Waals surface area (Å²) in [5, 5.41) is 11.2. The Bertz CT molecular complexity index is 824. The van der Waals surface area contributed by atoms with Crippen molar-refractivity contribution in [2.24, 2.45) is 0 Å². The minimum Gasteiger partial charge on any atom is -0.436 e. The van der Waals surface area contributed by atoms with E-state index in [1.54, 1.807) is 18.3 Å². The van der Waals surface area contributed by atoms with Gasteiger partial charge in [-0.15, -0.1) is 0 Å². The molecule has 0 saturated heterocycles. The third-order valence-corrected chi connectivity index (χ3v) is 3.74. The first-order valence-electron chi connectivity index (χ1n) is 6.00. The second kappa shape index (κ2) is 5.32. The molecule has 0 saturated carbocycles. The first kappa shape index (κ1) is 12.6. The molecule has 0 fully saturated rings. The van der Waals surface area contributed by atoms with E-state index in [0.29, 0.717) is 17.2 Å². The van der Waals surface area contributed by atoms with E-state index in [2.05, 4.69) is 27.0 Å². The molecule has 0 unspecified atom stereocenters. The van der Waals surface area contributed by atoms with Gasteiger partial charge in [0.1, 0.15) is 17.4 Å². The van der Waals surface area contributed by atoms with Gasteiger partial charge in [0.15, 0.2) is 0 Å². The second-order valence-electron chi connectivity index (χ2n) is 4.17. The third kappa shape index (κ3) is 2.24. The van der Waals surface area contributed by atoms with Gasteiger partial charge >= 0.3 is 0 Å². The molecule has 0 N–H and O–H groups in total. The molecule has 0 aliphatic rings. The van der Waals surface area contributed by atoms with Gasteiger partial charge in [0, 0.05) is 6.20 Å². The summed E-state index contributed by atoms with van der Waals surface area (Å²) in [6.45, 7) is 0. The monoisotopic (exact) mass is 324 g/mol. The smallest absolute Gasteiger partial charge is 0.237 e. The van der Waals surface area contributed by atoms with E-state index in [9.17, 15) is 0 Å². The number of fused-ring (bicyclic) bond motifs is 1. The third-order valence-electron chi connectivity index (χ3n) is 2.93. The lowest BCUT2D eigenvalue weighted by atomic mass is 10.1. The molecular weight excluding hydrogens is 316 g/mol. The van der Waals surface area contributed by atoms with Crippen molar-refractivity contribution >= 4 is 26.7 Å². The first-order valence-corrected chi connectivity index (χ1v) is 6.79. The standard InChI is InChI=1S/C16H9BrN2O/c17-15-13-6-2-1-4-11(13)7-8-14(15)20-16-12(10-18)5-3-9-19-16/h1-9H. The van der Waals surface area contributed by atoms with Crippen molar-refractivity contribution in [3.8, 4) is 17.7 Å². The van der Waals surface area contributed by atoms with Gasteiger partial charge in [-0.2, -0.15) is 5.26 Å². The van der Waals surface area contributed by atoms with Crippen LogP contribution < -0.4 is 4.74 Å². The molecule has 3 nitrogen and oxygen atoms in total. The van der Waals surface area contributed by atoms with Crippen LogP contribution in [0.2, 0.25) is 0 Å². The van der Waals surface area contributed by atoms with Crippen LogP contribution in [0.4, 0.5) is 0 Å². The highest BCUT2D eigenvalue weighted by atomic mass is 79.9. The average Bonchev–Trinajstić information content (AvgIpc) is 2.51. The minimum atomic E-state index is 0.311. The quantitative estimate of drug-likeness (QED) is 0.688. The topological polar surface area (TPSA) is 45.9 Å². The number of nitrogens with zero attached hydrogens (tertiary/aromatic N) is 2. The highest BCUT2D eigenvalue weighted by Gasteiger charge is 2.10. The number of pyridine rings is 1. The average molecular weight is 325 g/mol. The molecule has 96 valence electrons. The van der Waals surface area contributed by atoms with E-state index >= 15 is 0 Å². The summed E-state index contributed by atoms with van der Waals surface area (Å²) in [4.78, 5) is 4.10. The first-order chi connectivity index (χ1) is 9.79. The zero-order valence-corrected chi connectivity index (χ0v) is 12.0. The van der Waals surface area contributed by atoms with Crippen LogP contribution >= 0.6 is 15.9 Å². The summed E-state index contributed by atoms with van der Waals surface area (Å²) >= 11 is 3.55. The number of hydrogen-bond acceptors (Lipinski definition) is 3. The molecule has 20 heavy (non-hydrogen) atoms. The number of rotatable bonds is 2. The van der Waals surface area contributed by atoms with Crippen LogP contribution in [0.5, 0.6) is 11.6 Å². The Morgan fingerprint density at radius 3 is 2.75 bits per heavy atom. The largest absolute Gasteiger partial charge is 0.436 e. The summed E-state index contributed by atoms with van der Waals surface area (Å²) in [5.74, 6) is 0.949. The molecule has 1 aromatic heterocycles. The van der Waals surface area contributed by atoms with Gasteiger partial charge in [0.05, 0.1) is 4.47 Å². The second-order valence-corrected chi connectivity index (χ2v) is 4.96. The van der Waals surface area contributed by atoms with Crippen LogP contribution in [-0.2, 0) is 0 Å². The van der Waals surface area contributed by atoms with Gasteiger partial charge in [0.2, 0.25) is 5.88 Å². The predicted octanol–water partition coefficient (Wildman–Crippen LogP) is 4.66. The van der Waals surface area contributed by atoms with Crippen molar-refractivity contribution in [2.75, 3.05) is 0 Å². The number of hydrogen-bond donors (Lipinski definition) is 0. The summed E-state index contributed by atoms with van der Waals surface area (Å²) in [7, 11) is 0. The molecule has 0 atom stereocenters. The zero-order valence-electron chi connectivity index (χ0n) is 10.4. The molecule has 0 spiro atoms. The Labute approximate surface area is 124 Å². The summed E-state index contributed by atoms with van der Waals surface area (Å²) < 4.78 is 6.61. The van der Waals surface area contributed by atoms with Crippen LogP contribution in [0.3, 0.4) is 0 Å². The van der Waals surface area contributed by atoms with Crippen LogP contribution in [0.1, 0.15) is 5.56 Å². The molecule has 0 amide bonds. The Morgan fingerprint density at radius 1 is 1.05 bits per heavy atom. The van der Waals surface area contributed by atoms with E-state index < -0.39 is 0 Å². The van der Waals surface area contributed by atoms with E-state index in [-0.39, 0.29) is 0 Å². The zero-order chi connectivity index (χ0) is 13.9. The maximum absolute atomic E-state index is 9.06. The molecule has 0 aliphatic carbocycles. The molecule has 4 heteroatoms. The fourth-order valence-corrected chi connectivity index (χ4v) is 2.53. The molecule has 3 aromatic rings. The summed E-state index contributed by atoms with van der Waals surface area (Å²) in [5.41, 5.74) is 0.410. The fraction of sp³-hybridized carbons (Fsp3) is 0. The molecule has 0 radical (unpaired) electrons. The van der Waals surface area contributed by atoms with Gasteiger partial charge < -0.3 is 4.74 Å². The number of benzene rings is 2. The number of nitriles is 1. The van der Waals surface area contributed by atoms with Gasteiger partial charge in [-0.1, -0.05) is 30.3 Å². The Morgan fingerprint density at radius 2 is 1.90 bits per heavy atom. The van der Waals surface area contributed by atoms with Gasteiger partial charge in [0.25, 0.3) is 0 Å². The van der Waals surface area contributed by atoms with E-state index in [1.165, 1.54) is 0 Å². The summed E-state index contributed by atoms with van der Waals surface area (Å²) in [6.07, 6.45) is 1.60. The highest BCUT2D eigenvalue weighted by molar-refractivity contribution is 9.10. The van der Waals surface area contributed by atoms with E-state index in [1.807, 2.05) is 36.4 Å². The van der Waals surface area contributed by atoms with Crippen LogP contribution in [0.15, 0.2) is 59.2 Å². The number of halogens is 1. The fourth-order valence-electron chi connectivity index (χ4n) is 1.95. The lowest BCUT2D eigenvalue weighted by molar-refractivity contribution is 0.459. The Balaban J connectivity index is 2.08. The van der Waals surface area contributed by atoms with Crippen LogP contribution in [0.25, 0.3) is 10.8 Å². The summed E-state index contributed by atoms with van der Waals surface area (Å²) in [6, 6.07) is 17.3. The molecular formula is C16H9BrN2O. The SMILES string of the molecule is N#Cc1cccnc1Oc1ccc2ccccc2c1Br. The molecule has 3 rings (SSSR count). The van der Waals surface area contributed by atoms with Crippen molar-refractivity contribution in [1.29, 1.82) is 5.26 Å². The lowest BCUT2D eigenvalue weighted by Gasteiger charge is -2.10. The molecule has 0 aliphatic heterocycles. The van der Waals surface area contributed by atoms with Crippen LogP contribution in [0, 0.1) is 11.3 Å². The number of aromatic nitrogens is 1. The van der Waals surface area contributed by atoms with Crippen LogP contribution in [-0.4, -0.2) is 4.98 Å². The maximum atomic E-state index is 9.06. The Hall–Kier alpha value is -2.38. The van der Waals surface area contributed by atoms with Gasteiger partial charge in [-0.25, -0.2) is 4.98 Å². The van der Waals surface area contributed by atoms with Crippen molar-refractivity contribution in [1.82, 2.24) is 4.98 Å². The van der Waals surface area contributed by atoms with Crippen molar-refractivity contribution < 1.29 is 4.74 Å². The molecule has 0 bridgehead atoms. The van der Waals surface area contributed by atoms with Gasteiger partial charge in [-0.3, -0.25) is 0 Å². The highest BCUT2D eigenvalue weighted by Crippen LogP contribution is 2.35. The Kier molecular flexibility index (Phi) is 3.36. The minimum absolute atomic E-state index is 0.311. The maximum Gasteiger partial charge on any atom is 0.237 e. The predicted molar refractivity (Wildman–Crippen MR) is 80.7 cm³/mol. The van der Waals surface area contributed by atoms with Crippen molar-refractivity contribution in [2.45, 2.75) is 0 Å². The molecule has 2 aromatic carbocycles. The molecule has 1 heterocycles. The number of ether oxygens (including phenoxy) is 1. The van der Waals surface area contributed by atoms with Crippen molar-refractivity contribution in [3.05, 3.63) is 64.8 Å². The van der Waals surface area contributed by atoms with Gasteiger partial charge in [-0.05, 0) is 44.9 Å². The lowest BCUT2D eigenvalue weighted by Crippen LogP contribution is -1.92. The normalized spacial score (nSPS) is 10.2. The van der Waals surface area contributed by atoms with E-state index in [4.69, 9.17) is 10.00 Å². The van der Waals surface area contributed by atoms with E-state index in [0.717, 1.165) is 15.2 Å².